The van der Waals surface area contributed by atoms with Crippen molar-refractivity contribution in [2.24, 2.45) is 0 Å². The molecule has 0 fully saturated rings. The van der Waals surface area contributed by atoms with Crippen LogP contribution in [0.1, 0.15) is 16.2 Å². The molecule has 0 saturated carbocycles. The molecule has 4 rings (SSSR count). The standard InChI is InChI=1S/C14H12BrN5O/c15-10-1-2-11-7-13(17-20(11)8-10)14(21)18-5-6-19-12(9-18)3-4-16-19/h1-4,7-8H,5-6,9H2. The minimum Gasteiger partial charge on any atom is -0.330 e. The number of hydrogen-bond acceptors (Lipinski definition) is 3. The number of amides is 1. The molecular weight excluding hydrogens is 334 g/mol. The summed E-state index contributed by atoms with van der Waals surface area (Å²) in [4.78, 5) is 14.4. The summed E-state index contributed by atoms with van der Waals surface area (Å²) in [5, 5.41) is 8.59. The minimum absolute atomic E-state index is 0.0396. The third-order valence-corrected chi connectivity index (χ3v) is 4.14. The van der Waals surface area contributed by atoms with Gasteiger partial charge in [0.2, 0.25) is 0 Å². The second-order valence-electron chi connectivity index (χ2n) is 5.02. The fraction of sp³-hybridized carbons (Fsp3) is 0.214. The van der Waals surface area contributed by atoms with Gasteiger partial charge in [0.05, 0.1) is 24.3 Å². The molecule has 0 saturated heterocycles. The van der Waals surface area contributed by atoms with Crippen LogP contribution in [0, 0.1) is 0 Å². The van der Waals surface area contributed by atoms with Gasteiger partial charge in [-0.05, 0) is 40.2 Å². The molecule has 0 unspecified atom stereocenters. The fourth-order valence-electron chi connectivity index (χ4n) is 2.59. The van der Waals surface area contributed by atoms with E-state index in [0.717, 1.165) is 22.2 Å². The molecule has 7 heteroatoms. The highest BCUT2D eigenvalue weighted by Crippen LogP contribution is 2.17. The van der Waals surface area contributed by atoms with Gasteiger partial charge < -0.3 is 4.90 Å². The third kappa shape index (κ3) is 2.13. The van der Waals surface area contributed by atoms with E-state index >= 15 is 0 Å². The first-order chi connectivity index (χ1) is 10.2. The second kappa shape index (κ2) is 4.70. The lowest BCUT2D eigenvalue weighted by Crippen LogP contribution is -2.38. The topological polar surface area (TPSA) is 55.4 Å². The number of halogens is 1. The molecule has 1 aliphatic heterocycles. The Kier molecular flexibility index (Phi) is 2.81. The van der Waals surface area contributed by atoms with Gasteiger partial charge in [0.25, 0.3) is 5.91 Å². The third-order valence-electron chi connectivity index (χ3n) is 3.67. The van der Waals surface area contributed by atoms with Crippen LogP contribution in [0.5, 0.6) is 0 Å². The number of carbonyl (C=O) groups excluding carboxylic acids is 1. The Hall–Kier alpha value is -2.15. The van der Waals surface area contributed by atoms with E-state index in [9.17, 15) is 4.79 Å². The molecular formula is C14H12BrN5O. The number of nitrogens with zero attached hydrogens (tertiary/aromatic N) is 5. The molecule has 3 aromatic rings. The van der Waals surface area contributed by atoms with Crippen LogP contribution >= 0.6 is 15.9 Å². The van der Waals surface area contributed by atoms with Crippen molar-refractivity contribution in [2.45, 2.75) is 13.1 Å². The van der Waals surface area contributed by atoms with Crippen molar-refractivity contribution in [1.29, 1.82) is 0 Å². The highest BCUT2D eigenvalue weighted by Gasteiger charge is 2.23. The van der Waals surface area contributed by atoms with Crippen molar-refractivity contribution < 1.29 is 4.79 Å². The van der Waals surface area contributed by atoms with Crippen molar-refractivity contribution in [2.75, 3.05) is 6.54 Å². The smallest absolute Gasteiger partial charge is 0.274 e. The van der Waals surface area contributed by atoms with Crippen LogP contribution < -0.4 is 0 Å². The predicted molar refractivity (Wildman–Crippen MR) is 79.9 cm³/mol. The van der Waals surface area contributed by atoms with E-state index in [1.165, 1.54) is 0 Å². The number of fused-ring (bicyclic) bond motifs is 2. The van der Waals surface area contributed by atoms with Crippen LogP contribution in [0.25, 0.3) is 5.52 Å². The van der Waals surface area contributed by atoms with Gasteiger partial charge in [0.1, 0.15) is 0 Å². The molecule has 6 nitrogen and oxygen atoms in total. The van der Waals surface area contributed by atoms with Crippen molar-refractivity contribution >= 4 is 27.4 Å². The van der Waals surface area contributed by atoms with Crippen LogP contribution in [0.2, 0.25) is 0 Å². The summed E-state index contributed by atoms with van der Waals surface area (Å²) in [7, 11) is 0. The van der Waals surface area contributed by atoms with E-state index in [1.54, 1.807) is 10.7 Å². The average Bonchev–Trinajstić information content (AvgIpc) is 3.11. The molecule has 0 aliphatic carbocycles. The number of carbonyl (C=O) groups is 1. The first kappa shape index (κ1) is 12.6. The van der Waals surface area contributed by atoms with Crippen LogP contribution in [-0.2, 0) is 13.1 Å². The molecule has 21 heavy (non-hydrogen) atoms. The first-order valence-electron chi connectivity index (χ1n) is 6.65. The maximum Gasteiger partial charge on any atom is 0.274 e. The molecule has 1 aliphatic rings. The Bertz CT molecular complexity index is 837. The predicted octanol–water partition coefficient (Wildman–Crippen LogP) is 1.95. The van der Waals surface area contributed by atoms with E-state index in [1.807, 2.05) is 40.0 Å². The van der Waals surface area contributed by atoms with E-state index < -0.39 is 0 Å². The summed E-state index contributed by atoms with van der Waals surface area (Å²) < 4.78 is 4.58. The number of aromatic nitrogens is 4. The van der Waals surface area contributed by atoms with Crippen LogP contribution in [0.15, 0.2) is 41.1 Å². The largest absolute Gasteiger partial charge is 0.330 e. The fourth-order valence-corrected chi connectivity index (χ4v) is 2.91. The van der Waals surface area contributed by atoms with Gasteiger partial charge >= 0.3 is 0 Å². The summed E-state index contributed by atoms with van der Waals surface area (Å²) in [5.41, 5.74) is 2.44. The maximum absolute atomic E-state index is 12.6. The quantitative estimate of drug-likeness (QED) is 0.677. The van der Waals surface area contributed by atoms with Gasteiger partial charge in [-0.3, -0.25) is 9.48 Å². The van der Waals surface area contributed by atoms with Gasteiger partial charge in [0.15, 0.2) is 5.69 Å². The molecule has 1 amide bonds. The molecule has 0 atom stereocenters. The zero-order valence-electron chi connectivity index (χ0n) is 11.1. The van der Waals surface area contributed by atoms with Crippen LogP contribution in [0.4, 0.5) is 0 Å². The Morgan fingerprint density at radius 2 is 2.14 bits per heavy atom. The first-order valence-corrected chi connectivity index (χ1v) is 7.45. The maximum atomic E-state index is 12.6. The number of rotatable bonds is 1. The highest BCUT2D eigenvalue weighted by atomic mass is 79.9. The summed E-state index contributed by atoms with van der Waals surface area (Å²) in [6.45, 7) is 1.97. The molecule has 0 aromatic carbocycles. The lowest BCUT2D eigenvalue weighted by Gasteiger charge is -2.26. The lowest BCUT2D eigenvalue weighted by atomic mass is 10.2. The Morgan fingerprint density at radius 3 is 3.05 bits per heavy atom. The Balaban J connectivity index is 1.64. The number of hydrogen-bond donors (Lipinski definition) is 0. The van der Waals surface area contributed by atoms with E-state index in [4.69, 9.17) is 0 Å². The van der Waals surface area contributed by atoms with E-state index in [0.29, 0.717) is 18.8 Å². The second-order valence-corrected chi connectivity index (χ2v) is 5.93. The summed E-state index contributed by atoms with van der Waals surface area (Å²) >= 11 is 3.40. The molecule has 3 aromatic heterocycles. The summed E-state index contributed by atoms with van der Waals surface area (Å²) in [6, 6.07) is 7.63. The van der Waals surface area contributed by atoms with Crippen molar-refractivity contribution in [3.63, 3.8) is 0 Å². The zero-order chi connectivity index (χ0) is 14.4. The van der Waals surface area contributed by atoms with Crippen LogP contribution in [0.3, 0.4) is 0 Å². The summed E-state index contributed by atoms with van der Waals surface area (Å²) in [6.07, 6.45) is 3.61. The summed E-state index contributed by atoms with van der Waals surface area (Å²) in [5.74, 6) is -0.0396. The Morgan fingerprint density at radius 1 is 1.24 bits per heavy atom. The van der Waals surface area contributed by atoms with Crippen LogP contribution in [-0.4, -0.2) is 36.7 Å². The van der Waals surface area contributed by atoms with Gasteiger partial charge in [0, 0.05) is 23.4 Å². The van der Waals surface area contributed by atoms with Crippen molar-refractivity contribution in [3.05, 3.63) is 52.5 Å². The van der Waals surface area contributed by atoms with Gasteiger partial charge in [-0.2, -0.15) is 10.2 Å². The van der Waals surface area contributed by atoms with Gasteiger partial charge in [-0.15, -0.1) is 0 Å². The highest BCUT2D eigenvalue weighted by molar-refractivity contribution is 9.10. The molecule has 0 N–H and O–H groups in total. The average molecular weight is 346 g/mol. The SMILES string of the molecule is O=C(c1cc2ccc(Br)cn2n1)N1CCn2nccc2C1. The van der Waals surface area contributed by atoms with E-state index in [2.05, 4.69) is 26.1 Å². The molecule has 106 valence electrons. The lowest BCUT2D eigenvalue weighted by molar-refractivity contribution is 0.0699. The van der Waals surface area contributed by atoms with Gasteiger partial charge in [-0.25, -0.2) is 4.52 Å². The van der Waals surface area contributed by atoms with Crippen molar-refractivity contribution in [3.8, 4) is 0 Å². The van der Waals surface area contributed by atoms with Gasteiger partial charge in [-0.1, -0.05) is 0 Å². The van der Waals surface area contributed by atoms with E-state index in [-0.39, 0.29) is 5.91 Å². The number of pyridine rings is 1. The molecule has 0 bridgehead atoms. The van der Waals surface area contributed by atoms with Crippen molar-refractivity contribution in [1.82, 2.24) is 24.3 Å². The zero-order valence-corrected chi connectivity index (χ0v) is 12.7. The molecule has 4 heterocycles. The molecule has 0 spiro atoms. The monoisotopic (exact) mass is 345 g/mol. The minimum atomic E-state index is -0.0396. The molecule has 0 radical (unpaired) electrons. The normalized spacial score (nSPS) is 14.4. The Labute approximate surface area is 129 Å².